The Bertz CT molecular complexity index is 905. The number of benzene rings is 1. The van der Waals surface area contributed by atoms with Gasteiger partial charge >= 0.3 is 0 Å². The molecule has 0 saturated heterocycles. The zero-order valence-corrected chi connectivity index (χ0v) is 17.1. The lowest BCUT2D eigenvalue weighted by atomic mass is 9.96. The van der Waals surface area contributed by atoms with E-state index in [4.69, 9.17) is 0 Å². The van der Waals surface area contributed by atoms with Crippen LogP contribution in [0.5, 0.6) is 0 Å². The lowest BCUT2D eigenvalue weighted by Crippen LogP contribution is -2.25. The smallest absolute Gasteiger partial charge is 0.229 e. The molecule has 6 nitrogen and oxygen atoms in total. The van der Waals surface area contributed by atoms with E-state index in [-0.39, 0.29) is 6.04 Å². The van der Waals surface area contributed by atoms with Crippen LogP contribution in [0.4, 0.5) is 5.95 Å². The Morgan fingerprint density at radius 1 is 1.07 bits per heavy atom. The van der Waals surface area contributed by atoms with Crippen LogP contribution in [0.2, 0.25) is 0 Å². The topological polar surface area (TPSA) is 62.5 Å². The number of rotatable bonds is 8. The van der Waals surface area contributed by atoms with E-state index >= 15 is 0 Å². The maximum absolute atomic E-state index is 12.8. The number of nitrogens with one attached hydrogen (secondary N) is 1. The second kappa shape index (κ2) is 8.63. The van der Waals surface area contributed by atoms with Crippen molar-refractivity contribution in [3.05, 3.63) is 54.2 Å². The van der Waals surface area contributed by atoms with Crippen LogP contribution in [-0.4, -0.2) is 36.2 Å². The first kappa shape index (κ1) is 19.5. The fourth-order valence-corrected chi connectivity index (χ4v) is 4.26. The van der Waals surface area contributed by atoms with Gasteiger partial charge in [-0.25, -0.2) is 8.51 Å². The zero-order chi connectivity index (χ0) is 19.4. The zero-order valence-electron chi connectivity index (χ0n) is 16.3. The summed E-state index contributed by atoms with van der Waals surface area (Å²) in [7, 11) is -1.20. The predicted molar refractivity (Wildman–Crippen MR) is 110 cm³/mol. The maximum Gasteiger partial charge on any atom is 0.229 e. The van der Waals surface area contributed by atoms with Gasteiger partial charge < -0.3 is 5.32 Å². The number of hydrogen-bond acceptors (Lipinski definition) is 4. The van der Waals surface area contributed by atoms with Gasteiger partial charge in [0.05, 0.1) is 10.9 Å². The highest BCUT2D eigenvalue weighted by Gasteiger charge is 2.19. The molecule has 2 atom stereocenters. The molecule has 0 saturated carbocycles. The molecular weight excluding hydrogens is 358 g/mol. The summed E-state index contributed by atoms with van der Waals surface area (Å²) in [6.45, 7) is 9.84. The third kappa shape index (κ3) is 4.20. The van der Waals surface area contributed by atoms with E-state index in [1.165, 1.54) is 5.56 Å². The van der Waals surface area contributed by atoms with Gasteiger partial charge in [0.2, 0.25) is 5.95 Å². The number of anilines is 1. The summed E-state index contributed by atoms with van der Waals surface area (Å²) in [5.74, 6) is 1.03. The SMILES string of the molecule is CCN(CC)S(=O)c1ccc2nnc(NC(c3ccccc3)C(C)C)n2c1. The van der Waals surface area contributed by atoms with Crippen LogP contribution in [0.15, 0.2) is 53.6 Å². The Morgan fingerprint density at radius 2 is 1.78 bits per heavy atom. The van der Waals surface area contributed by atoms with Crippen molar-refractivity contribution in [2.24, 2.45) is 5.92 Å². The van der Waals surface area contributed by atoms with Gasteiger partial charge in [-0.15, -0.1) is 10.2 Å². The minimum atomic E-state index is -1.20. The second-order valence-corrected chi connectivity index (χ2v) is 8.24. The molecule has 2 heterocycles. The molecule has 0 spiro atoms. The first-order valence-electron chi connectivity index (χ1n) is 9.38. The van der Waals surface area contributed by atoms with Crippen LogP contribution in [0.3, 0.4) is 0 Å². The van der Waals surface area contributed by atoms with Gasteiger partial charge in [0, 0.05) is 19.3 Å². The summed E-state index contributed by atoms with van der Waals surface area (Å²) >= 11 is 0. The standard InChI is InChI=1S/C20H27N5OS/c1-5-24(6-2)27(26)17-12-13-18-22-23-20(25(18)14-17)21-19(15(3)4)16-10-8-7-9-11-16/h7-15,19H,5-6H2,1-4H3,(H,21,23). The van der Waals surface area contributed by atoms with E-state index < -0.39 is 11.0 Å². The van der Waals surface area contributed by atoms with Gasteiger partial charge in [-0.2, -0.15) is 0 Å². The van der Waals surface area contributed by atoms with Crippen LogP contribution < -0.4 is 5.32 Å². The van der Waals surface area contributed by atoms with Crippen molar-refractivity contribution in [2.45, 2.75) is 38.6 Å². The lowest BCUT2D eigenvalue weighted by molar-refractivity contribution is 0.489. The van der Waals surface area contributed by atoms with Crippen LogP contribution in [0.25, 0.3) is 5.65 Å². The summed E-state index contributed by atoms with van der Waals surface area (Å²) in [6.07, 6.45) is 1.87. The molecule has 3 aromatic rings. The molecule has 1 N–H and O–H groups in total. The van der Waals surface area contributed by atoms with Gasteiger partial charge in [0.25, 0.3) is 0 Å². The van der Waals surface area contributed by atoms with Crippen molar-refractivity contribution in [1.82, 2.24) is 18.9 Å². The van der Waals surface area contributed by atoms with Gasteiger partial charge in [0.1, 0.15) is 11.0 Å². The van der Waals surface area contributed by atoms with E-state index in [9.17, 15) is 4.21 Å². The van der Waals surface area contributed by atoms with Crippen molar-refractivity contribution in [2.75, 3.05) is 18.4 Å². The number of nitrogens with zero attached hydrogens (tertiary/aromatic N) is 4. The van der Waals surface area contributed by atoms with Crippen molar-refractivity contribution < 1.29 is 4.21 Å². The molecule has 0 aliphatic rings. The predicted octanol–water partition coefficient (Wildman–Crippen LogP) is 3.90. The third-order valence-electron chi connectivity index (χ3n) is 4.63. The average molecular weight is 386 g/mol. The van der Waals surface area contributed by atoms with E-state index in [0.29, 0.717) is 11.9 Å². The number of fused-ring (bicyclic) bond motifs is 1. The Morgan fingerprint density at radius 3 is 2.41 bits per heavy atom. The molecule has 2 aromatic heterocycles. The fourth-order valence-electron chi connectivity index (χ4n) is 3.11. The minimum Gasteiger partial charge on any atom is -0.347 e. The maximum atomic E-state index is 12.8. The normalized spacial score (nSPS) is 14.0. The molecule has 7 heteroatoms. The number of hydrogen-bond donors (Lipinski definition) is 1. The molecule has 144 valence electrons. The average Bonchev–Trinajstić information content (AvgIpc) is 3.09. The molecule has 1 aromatic carbocycles. The summed E-state index contributed by atoms with van der Waals surface area (Å²) < 4.78 is 16.6. The van der Waals surface area contributed by atoms with Crippen molar-refractivity contribution in [3.63, 3.8) is 0 Å². The van der Waals surface area contributed by atoms with Crippen LogP contribution in [0, 0.1) is 5.92 Å². The molecule has 0 aliphatic heterocycles. The lowest BCUT2D eigenvalue weighted by Gasteiger charge is -2.23. The van der Waals surface area contributed by atoms with Crippen molar-refractivity contribution in [1.29, 1.82) is 0 Å². The quantitative estimate of drug-likeness (QED) is 0.639. The van der Waals surface area contributed by atoms with E-state index in [2.05, 4.69) is 41.5 Å². The Kier molecular flexibility index (Phi) is 6.23. The summed E-state index contributed by atoms with van der Waals surface area (Å²) in [6, 6.07) is 14.2. The molecule has 27 heavy (non-hydrogen) atoms. The molecule has 0 amide bonds. The largest absolute Gasteiger partial charge is 0.347 e. The van der Waals surface area contributed by atoms with Gasteiger partial charge in [0.15, 0.2) is 5.65 Å². The molecule has 0 radical (unpaired) electrons. The highest BCUT2D eigenvalue weighted by Crippen LogP contribution is 2.26. The number of aromatic nitrogens is 3. The summed E-state index contributed by atoms with van der Waals surface area (Å²) in [5.41, 5.74) is 1.93. The molecule has 0 fully saturated rings. The van der Waals surface area contributed by atoms with E-state index in [1.54, 1.807) is 0 Å². The van der Waals surface area contributed by atoms with E-state index in [0.717, 1.165) is 23.6 Å². The van der Waals surface area contributed by atoms with Crippen LogP contribution >= 0.6 is 0 Å². The third-order valence-corrected chi connectivity index (χ3v) is 6.26. The minimum absolute atomic E-state index is 0.107. The van der Waals surface area contributed by atoms with E-state index in [1.807, 2.05) is 59.1 Å². The Labute approximate surface area is 163 Å². The molecular formula is C20H27N5OS. The highest BCUT2D eigenvalue weighted by atomic mass is 32.2. The van der Waals surface area contributed by atoms with Crippen molar-refractivity contribution >= 4 is 22.6 Å². The fraction of sp³-hybridized carbons (Fsp3) is 0.400. The van der Waals surface area contributed by atoms with Crippen LogP contribution in [0.1, 0.15) is 39.3 Å². The molecule has 2 unspecified atom stereocenters. The monoisotopic (exact) mass is 385 g/mol. The van der Waals surface area contributed by atoms with Crippen molar-refractivity contribution in [3.8, 4) is 0 Å². The molecule has 3 rings (SSSR count). The van der Waals surface area contributed by atoms with Crippen LogP contribution in [-0.2, 0) is 11.0 Å². The Hall–Kier alpha value is -2.25. The second-order valence-electron chi connectivity index (χ2n) is 6.76. The highest BCUT2D eigenvalue weighted by molar-refractivity contribution is 7.82. The summed E-state index contributed by atoms with van der Waals surface area (Å²) in [5, 5.41) is 12.1. The van der Waals surface area contributed by atoms with Gasteiger partial charge in [-0.05, 0) is 23.6 Å². The molecule has 0 aliphatic carbocycles. The number of pyridine rings is 1. The van der Waals surface area contributed by atoms with Gasteiger partial charge in [-0.1, -0.05) is 58.0 Å². The molecule has 0 bridgehead atoms. The Balaban J connectivity index is 1.95. The summed E-state index contributed by atoms with van der Waals surface area (Å²) in [4.78, 5) is 0.745. The van der Waals surface area contributed by atoms with Gasteiger partial charge in [-0.3, -0.25) is 4.40 Å². The first-order valence-corrected chi connectivity index (χ1v) is 10.5. The first-order chi connectivity index (χ1) is 13.0.